The Morgan fingerprint density at radius 2 is 2.07 bits per heavy atom. The Morgan fingerprint density at radius 3 is 3.07 bits per heavy atom. The molecule has 0 saturated heterocycles. The molecule has 4 rings (SSSR count). The molecule has 0 heterocycles. The molecule has 0 radical (unpaired) electrons. The maximum absolute atomic E-state index is 2.44. The fourth-order valence-electron chi connectivity index (χ4n) is 3.00. The van der Waals surface area contributed by atoms with E-state index < -0.39 is 0 Å². The summed E-state index contributed by atoms with van der Waals surface area (Å²) in [5.74, 6) is 1.72. The van der Waals surface area contributed by atoms with Gasteiger partial charge in [0.2, 0.25) is 0 Å². The molecular weight excluding hydrogens is 180 g/mol. The number of hydrogen-bond donors (Lipinski definition) is 0. The van der Waals surface area contributed by atoms with Gasteiger partial charge in [0.25, 0.3) is 0 Å². The standard InChI is InChI=1S/C15H14/c1-2-4-11-8-14-12(7-10(11)3-1)5-6-13-9-15(13)14/h2,4-8,13,15H,1,3,9H2. The van der Waals surface area contributed by atoms with Gasteiger partial charge in [-0.05, 0) is 53.4 Å². The Kier molecular flexibility index (Phi) is 1.39. The zero-order valence-corrected chi connectivity index (χ0v) is 8.74. The summed E-state index contributed by atoms with van der Waals surface area (Å²) in [6.45, 7) is 0. The first-order valence-electron chi connectivity index (χ1n) is 5.93. The summed E-state index contributed by atoms with van der Waals surface area (Å²) in [6.07, 6.45) is 13.2. The highest BCUT2D eigenvalue weighted by atomic mass is 14.4. The SMILES string of the molecule is C1=Cc2cc3c(cc2CC1)C=CC1CC31. The third-order valence-electron chi connectivity index (χ3n) is 3.98. The minimum absolute atomic E-state index is 0.852. The topological polar surface area (TPSA) is 0 Å². The average molecular weight is 194 g/mol. The highest BCUT2D eigenvalue weighted by Crippen LogP contribution is 2.53. The Hall–Kier alpha value is -1.30. The van der Waals surface area contributed by atoms with Crippen molar-refractivity contribution >= 4 is 12.2 Å². The fraction of sp³-hybridized carbons (Fsp3) is 0.333. The summed E-state index contributed by atoms with van der Waals surface area (Å²) in [7, 11) is 0. The van der Waals surface area contributed by atoms with Crippen LogP contribution in [0.25, 0.3) is 12.2 Å². The van der Waals surface area contributed by atoms with Crippen LogP contribution in [0, 0.1) is 5.92 Å². The minimum atomic E-state index is 0.852. The molecule has 0 nitrogen and oxygen atoms in total. The van der Waals surface area contributed by atoms with Crippen LogP contribution in [-0.4, -0.2) is 0 Å². The van der Waals surface area contributed by atoms with Crippen molar-refractivity contribution in [2.75, 3.05) is 0 Å². The van der Waals surface area contributed by atoms with Crippen molar-refractivity contribution < 1.29 is 0 Å². The molecule has 15 heavy (non-hydrogen) atoms. The number of fused-ring (bicyclic) bond motifs is 4. The van der Waals surface area contributed by atoms with Crippen LogP contribution in [0.2, 0.25) is 0 Å². The second-order valence-corrected chi connectivity index (χ2v) is 4.99. The molecule has 1 aromatic carbocycles. The summed E-state index contributed by atoms with van der Waals surface area (Å²) in [6, 6.07) is 4.85. The Balaban J connectivity index is 1.95. The van der Waals surface area contributed by atoms with E-state index >= 15 is 0 Å². The van der Waals surface area contributed by atoms with Gasteiger partial charge in [0, 0.05) is 0 Å². The van der Waals surface area contributed by atoms with Crippen molar-refractivity contribution in [3.05, 3.63) is 46.5 Å². The maximum atomic E-state index is 2.44. The van der Waals surface area contributed by atoms with E-state index in [1.807, 2.05) is 0 Å². The van der Waals surface area contributed by atoms with Crippen molar-refractivity contribution in [1.82, 2.24) is 0 Å². The van der Waals surface area contributed by atoms with Gasteiger partial charge in [-0.15, -0.1) is 0 Å². The van der Waals surface area contributed by atoms with E-state index in [9.17, 15) is 0 Å². The molecule has 0 spiro atoms. The van der Waals surface area contributed by atoms with Gasteiger partial charge >= 0.3 is 0 Å². The maximum Gasteiger partial charge on any atom is -0.00867 e. The van der Waals surface area contributed by atoms with Crippen LogP contribution in [0.3, 0.4) is 0 Å². The lowest BCUT2D eigenvalue weighted by Crippen LogP contribution is -2.00. The lowest BCUT2D eigenvalue weighted by atomic mass is 9.88. The summed E-state index contributed by atoms with van der Waals surface area (Å²) in [5.41, 5.74) is 6.11. The van der Waals surface area contributed by atoms with Crippen molar-refractivity contribution in [1.29, 1.82) is 0 Å². The molecule has 1 aromatic rings. The summed E-state index contributed by atoms with van der Waals surface area (Å²) in [4.78, 5) is 0. The van der Waals surface area contributed by atoms with E-state index in [0.717, 1.165) is 11.8 Å². The molecule has 0 aromatic heterocycles. The molecule has 1 fully saturated rings. The van der Waals surface area contributed by atoms with Gasteiger partial charge in [-0.3, -0.25) is 0 Å². The van der Waals surface area contributed by atoms with Gasteiger partial charge in [-0.2, -0.15) is 0 Å². The predicted molar refractivity (Wildman–Crippen MR) is 63.7 cm³/mol. The van der Waals surface area contributed by atoms with Crippen LogP contribution < -0.4 is 0 Å². The molecule has 0 bridgehead atoms. The molecular formula is C15H14. The highest BCUT2D eigenvalue weighted by molar-refractivity contribution is 5.68. The smallest absolute Gasteiger partial charge is 0.00867 e. The molecule has 3 aliphatic rings. The quantitative estimate of drug-likeness (QED) is 0.589. The Morgan fingerprint density at radius 1 is 1.07 bits per heavy atom. The zero-order chi connectivity index (χ0) is 9.83. The van der Waals surface area contributed by atoms with Gasteiger partial charge < -0.3 is 0 Å². The molecule has 0 N–H and O–H groups in total. The predicted octanol–water partition coefficient (Wildman–Crippen LogP) is 3.78. The van der Waals surface area contributed by atoms with Crippen molar-refractivity contribution in [3.8, 4) is 0 Å². The van der Waals surface area contributed by atoms with Crippen LogP contribution in [0.1, 0.15) is 41.0 Å². The Bertz CT molecular complexity index is 491. The average Bonchev–Trinajstić information content (AvgIpc) is 3.06. The monoisotopic (exact) mass is 194 g/mol. The number of allylic oxidation sites excluding steroid dienone is 2. The lowest BCUT2D eigenvalue weighted by molar-refractivity contribution is 0.958. The summed E-state index contributed by atoms with van der Waals surface area (Å²) < 4.78 is 0. The fourth-order valence-corrected chi connectivity index (χ4v) is 3.00. The molecule has 0 aliphatic heterocycles. The van der Waals surface area contributed by atoms with E-state index in [0.29, 0.717) is 0 Å². The van der Waals surface area contributed by atoms with E-state index in [2.05, 4.69) is 36.4 Å². The van der Waals surface area contributed by atoms with Crippen LogP contribution in [0.4, 0.5) is 0 Å². The summed E-state index contributed by atoms with van der Waals surface area (Å²) in [5, 5.41) is 0. The summed E-state index contributed by atoms with van der Waals surface area (Å²) >= 11 is 0. The second kappa shape index (κ2) is 2.63. The van der Waals surface area contributed by atoms with Crippen LogP contribution in [0.5, 0.6) is 0 Å². The van der Waals surface area contributed by atoms with Crippen molar-refractivity contribution in [3.63, 3.8) is 0 Å². The van der Waals surface area contributed by atoms with Gasteiger partial charge in [0.15, 0.2) is 0 Å². The Labute approximate surface area is 90.3 Å². The van der Waals surface area contributed by atoms with E-state index in [-0.39, 0.29) is 0 Å². The normalized spacial score (nSPS) is 29.3. The number of benzene rings is 1. The first-order valence-corrected chi connectivity index (χ1v) is 5.93. The van der Waals surface area contributed by atoms with Crippen LogP contribution in [0.15, 0.2) is 24.3 Å². The minimum Gasteiger partial charge on any atom is -0.0836 e. The van der Waals surface area contributed by atoms with Crippen molar-refractivity contribution in [2.45, 2.75) is 25.2 Å². The largest absolute Gasteiger partial charge is 0.0836 e. The molecule has 2 unspecified atom stereocenters. The van der Waals surface area contributed by atoms with Crippen LogP contribution in [-0.2, 0) is 6.42 Å². The first kappa shape index (κ1) is 7.92. The molecule has 0 heteroatoms. The van der Waals surface area contributed by atoms with E-state index in [1.165, 1.54) is 30.4 Å². The third kappa shape index (κ3) is 1.08. The van der Waals surface area contributed by atoms with E-state index in [1.54, 1.807) is 11.1 Å². The molecule has 1 saturated carbocycles. The number of hydrogen-bond acceptors (Lipinski definition) is 0. The highest BCUT2D eigenvalue weighted by Gasteiger charge is 2.39. The van der Waals surface area contributed by atoms with Gasteiger partial charge in [-0.25, -0.2) is 0 Å². The van der Waals surface area contributed by atoms with Gasteiger partial charge in [0.1, 0.15) is 0 Å². The molecule has 2 atom stereocenters. The van der Waals surface area contributed by atoms with Gasteiger partial charge in [0.05, 0.1) is 0 Å². The molecule has 3 aliphatic carbocycles. The van der Waals surface area contributed by atoms with Gasteiger partial charge in [-0.1, -0.05) is 36.4 Å². The molecule has 74 valence electrons. The number of aryl methyl sites for hydroxylation is 1. The zero-order valence-electron chi connectivity index (χ0n) is 8.74. The second-order valence-electron chi connectivity index (χ2n) is 4.99. The van der Waals surface area contributed by atoms with Crippen molar-refractivity contribution in [2.24, 2.45) is 5.92 Å². The lowest BCUT2D eigenvalue weighted by Gasteiger charge is -2.17. The molecule has 0 amide bonds. The van der Waals surface area contributed by atoms with E-state index in [4.69, 9.17) is 0 Å². The first-order chi connectivity index (χ1) is 7.42. The number of rotatable bonds is 0. The third-order valence-corrected chi connectivity index (χ3v) is 3.98. The van der Waals surface area contributed by atoms with Crippen LogP contribution >= 0.6 is 0 Å².